The van der Waals surface area contributed by atoms with Crippen LogP contribution >= 0.6 is 0 Å². The first kappa shape index (κ1) is 32.5. The molecule has 0 saturated carbocycles. The molecule has 3 aromatic carbocycles. The van der Waals surface area contributed by atoms with E-state index >= 15 is 4.39 Å². The minimum Gasteiger partial charge on any atom is -0.496 e. The highest BCUT2D eigenvalue weighted by Crippen LogP contribution is 2.36. The first-order chi connectivity index (χ1) is 22.0. The molecule has 1 aliphatic heterocycles. The Hall–Kier alpha value is -4.87. The number of aromatic nitrogens is 2. The van der Waals surface area contributed by atoms with Crippen molar-refractivity contribution in [3.8, 4) is 17.2 Å². The van der Waals surface area contributed by atoms with Gasteiger partial charge in [0.2, 0.25) is 0 Å². The predicted molar refractivity (Wildman–Crippen MR) is 167 cm³/mol. The van der Waals surface area contributed by atoms with Crippen molar-refractivity contribution < 1.29 is 37.3 Å². The molecule has 12 heteroatoms. The first-order valence-electron chi connectivity index (χ1n) is 15.0. The SMILES string of the molecule is COc1cccc(OC)c1CNC(=O)c1cc([C@@H]2CCN(C(=O)OC(C)(C)C)C[C@H]2COc2cc3cn[nH]c3cc2F)ccc1F. The molecular formula is C34H38F2N4O6. The maximum absolute atomic E-state index is 15.1. The van der Waals surface area contributed by atoms with Crippen molar-refractivity contribution in [3.05, 3.63) is 83.1 Å². The van der Waals surface area contributed by atoms with Crippen molar-refractivity contribution in [2.45, 2.75) is 45.3 Å². The quantitative estimate of drug-likeness (QED) is 0.225. The van der Waals surface area contributed by atoms with Crippen LogP contribution in [0.1, 0.15) is 54.6 Å². The lowest BCUT2D eigenvalue weighted by Crippen LogP contribution is -2.46. The Bertz CT molecular complexity index is 1700. The van der Waals surface area contributed by atoms with Gasteiger partial charge in [0.05, 0.1) is 50.2 Å². The minimum absolute atomic E-state index is 0.0486. The second-order valence-electron chi connectivity index (χ2n) is 12.2. The lowest BCUT2D eigenvalue weighted by molar-refractivity contribution is 0.0110. The molecular weight excluding hydrogens is 598 g/mol. The summed E-state index contributed by atoms with van der Waals surface area (Å²) in [5.74, 6) is -1.31. The van der Waals surface area contributed by atoms with Crippen LogP contribution in [0.15, 0.2) is 54.7 Å². The van der Waals surface area contributed by atoms with Gasteiger partial charge in [-0.15, -0.1) is 0 Å². The summed E-state index contributed by atoms with van der Waals surface area (Å²) in [7, 11) is 3.03. The van der Waals surface area contributed by atoms with E-state index in [-0.39, 0.29) is 42.8 Å². The average Bonchev–Trinajstić information content (AvgIpc) is 3.48. The molecule has 0 unspecified atom stereocenters. The predicted octanol–water partition coefficient (Wildman–Crippen LogP) is 6.21. The van der Waals surface area contributed by atoms with Crippen LogP contribution in [0.3, 0.4) is 0 Å². The van der Waals surface area contributed by atoms with Crippen molar-refractivity contribution >= 4 is 22.9 Å². The van der Waals surface area contributed by atoms with Gasteiger partial charge in [-0.05, 0) is 69.0 Å². The number of nitrogens with one attached hydrogen (secondary N) is 2. The van der Waals surface area contributed by atoms with E-state index in [0.717, 1.165) is 0 Å². The number of hydrogen-bond donors (Lipinski definition) is 2. The summed E-state index contributed by atoms with van der Waals surface area (Å²) in [6, 6.07) is 12.6. The summed E-state index contributed by atoms with van der Waals surface area (Å²) in [6.07, 6.45) is 1.60. The molecule has 0 aliphatic carbocycles. The Morgan fingerprint density at radius 3 is 2.46 bits per heavy atom. The summed E-state index contributed by atoms with van der Waals surface area (Å²) >= 11 is 0. The second-order valence-corrected chi connectivity index (χ2v) is 12.2. The van der Waals surface area contributed by atoms with Gasteiger partial charge < -0.3 is 29.2 Å². The molecule has 46 heavy (non-hydrogen) atoms. The highest BCUT2D eigenvalue weighted by atomic mass is 19.1. The molecule has 0 radical (unpaired) electrons. The molecule has 2 heterocycles. The van der Waals surface area contributed by atoms with Crippen LogP contribution in [0.4, 0.5) is 13.6 Å². The summed E-state index contributed by atoms with van der Waals surface area (Å²) in [5, 5.41) is 10.1. The van der Waals surface area contributed by atoms with Gasteiger partial charge in [0.15, 0.2) is 11.6 Å². The third kappa shape index (κ3) is 7.32. The fourth-order valence-electron chi connectivity index (χ4n) is 5.70. The Morgan fingerprint density at radius 1 is 1.02 bits per heavy atom. The fourth-order valence-corrected chi connectivity index (χ4v) is 5.70. The average molecular weight is 637 g/mol. The zero-order valence-electron chi connectivity index (χ0n) is 26.5. The number of piperidine rings is 1. The van der Waals surface area contributed by atoms with E-state index in [9.17, 15) is 14.0 Å². The number of fused-ring (bicyclic) bond motifs is 1. The van der Waals surface area contributed by atoms with E-state index in [1.807, 2.05) is 0 Å². The van der Waals surface area contributed by atoms with Gasteiger partial charge in [-0.25, -0.2) is 13.6 Å². The smallest absolute Gasteiger partial charge is 0.410 e. The highest BCUT2D eigenvalue weighted by molar-refractivity contribution is 5.94. The van der Waals surface area contributed by atoms with E-state index in [1.54, 1.807) is 62.2 Å². The number of H-pyrrole nitrogens is 1. The second kappa shape index (κ2) is 13.6. The van der Waals surface area contributed by atoms with Crippen molar-refractivity contribution in [1.29, 1.82) is 0 Å². The van der Waals surface area contributed by atoms with Crippen molar-refractivity contribution in [3.63, 3.8) is 0 Å². The van der Waals surface area contributed by atoms with Crippen LogP contribution in [-0.2, 0) is 11.3 Å². The number of likely N-dealkylation sites (tertiary alicyclic amines) is 1. The van der Waals surface area contributed by atoms with Gasteiger partial charge in [-0.2, -0.15) is 5.10 Å². The topological polar surface area (TPSA) is 115 Å². The number of halogens is 2. The molecule has 0 spiro atoms. The van der Waals surface area contributed by atoms with Crippen molar-refractivity contribution in [2.24, 2.45) is 5.92 Å². The third-order valence-electron chi connectivity index (χ3n) is 7.95. The summed E-state index contributed by atoms with van der Waals surface area (Å²) in [4.78, 5) is 27.9. The molecule has 1 fully saturated rings. The number of hydrogen-bond acceptors (Lipinski definition) is 7. The Kier molecular flexibility index (Phi) is 9.64. The number of rotatable bonds is 9. The van der Waals surface area contributed by atoms with Crippen LogP contribution in [0.25, 0.3) is 10.9 Å². The molecule has 2 amide bonds. The molecule has 244 valence electrons. The van der Waals surface area contributed by atoms with Crippen LogP contribution in [0, 0.1) is 17.6 Å². The number of carbonyl (C=O) groups excluding carboxylic acids is 2. The molecule has 10 nitrogen and oxygen atoms in total. The van der Waals surface area contributed by atoms with E-state index in [1.165, 1.54) is 32.4 Å². The number of carbonyl (C=O) groups is 2. The zero-order chi connectivity index (χ0) is 33.0. The number of methoxy groups -OCH3 is 2. The monoisotopic (exact) mass is 636 g/mol. The van der Waals surface area contributed by atoms with E-state index < -0.39 is 29.2 Å². The van der Waals surface area contributed by atoms with Crippen LogP contribution in [0.2, 0.25) is 0 Å². The normalized spacial score (nSPS) is 16.6. The zero-order valence-corrected chi connectivity index (χ0v) is 26.5. The molecule has 1 saturated heterocycles. The summed E-state index contributed by atoms with van der Waals surface area (Å²) in [5.41, 5.74) is 1.04. The Morgan fingerprint density at radius 2 is 1.76 bits per heavy atom. The standard InChI is InChI=1S/C34H38F2N4O6/c1-34(2,3)46-33(42)40-12-11-23(22(18-40)19-45-31-14-21-16-38-39-28(21)15-27(31)36)20-9-10-26(35)24(13-20)32(41)37-17-25-29(43-4)7-6-8-30(25)44-5/h6-10,13-16,22-23H,11-12,17-19H2,1-5H3,(H,37,41)(H,38,39)/t22-,23-/m0/s1. The van der Waals surface area contributed by atoms with Crippen molar-refractivity contribution in [1.82, 2.24) is 20.4 Å². The summed E-state index contributed by atoms with van der Waals surface area (Å²) < 4.78 is 52.4. The fraction of sp³-hybridized carbons (Fsp3) is 0.382. The lowest BCUT2D eigenvalue weighted by Gasteiger charge is -2.39. The van der Waals surface area contributed by atoms with Gasteiger partial charge in [-0.1, -0.05) is 12.1 Å². The Labute approximate surface area is 266 Å². The number of benzene rings is 3. The van der Waals surface area contributed by atoms with Crippen LogP contribution in [0.5, 0.6) is 17.2 Å². The van der Waals surface area contributed by atoms with Gasteiger partial charge in [-0.3, -0.25) is 9.89 Å². The molecule has 1 aliphatic rings. The van der Waals surface area contributed by atoms with Gasteiger partial charge in [0.1, 0.15) is 22.9 Å². The summed E-state index contributed by atoms with van der Waals surface area (Å²) in [6.45, 7) is 6.11. The maximum Gasteiger partial charge on any atom is 0.410 e. The van der Waals surface area contributed by atoms with E-state index in [2.05, 4.69) is 15.5 Å². The molecule has 2 N–H and O–H groups in total. The molecule has 2 atom stereocenters. The van der Waals surface area contributed by atoms with Crippen LogP contribution in [-0.4, -0.2) is 66.6 Å². The molecule has 4 aromatic rings. The molecule has 1 aromatic heterocycles. The third-order valence-corrected chi connectivity index (χ3v) is 7.95. The number of aromatic amines is 1. The minimum atomic E-state index is -0.684. The molecule has 0 bridgehead atoms. The molecule has 5 rings (SSSR count). The number of amides is 2. The highest BCUT2D eigenvalue weighted by Gasteiger charge is 2.35. The van der Waals surface area contributed by atoms with Crippen molar-refractivity contribution in [2.75, 3.05) is 33.9 Å². The Balaban J connectivity index is 1.38. The first-order valence-corrected chi connectivity index (χ1v) is 15.0. The maximum atomic E-state index is 15.1. The van der Waals surface area contributed by atoms with Crippen LogP contribution < -0.4 is 19.5 Å². The van der Waals surface area contributed by atoms with Gasteiger partial charge in [0.25, 0.3) is 5.91 Å². The van der Waals surface area contributed by atoms with E-state index in [4.69, 9.17) is 18.9 Å². The van der Waals surface area contributed by atoms with Gasteiger partial charge in [0, 0.05) is 30.5 Å². The van der Waals surface area contributed by atoms with E-state index in [0.29, 0.717) is 46.5 Å². The number of nitrogens with zero attached hydrogens (tertiary/aromatic N) is 2. The van der Waals surface area contributed by atoms with Gasteiger partial charge >= 0.3 is 6.09 Å². The number of ether oxygens (including phenoxy) is 4. The largest absolute Gasteiger partial charge is 0.496 e. The lowest BCUT2D eigenvalue weighted by atomic mass is 9.80.